The van der Waals surface area contributed by atoms with E-state index in [1.165, 1.54) is 13.2 Å². The van der Waals surface area contributed by atoms with E-state index in [4.69, 9.17) is 22.1 Å². The van der Waals surface area contributed by atoms with Crippen molar-refractivity contribution < 1.29 is 9.13 Å². The lowest BCUT2D eigenvalue weighted by atomic mass is 10.2. The molecule has 1 heterocycles. The van der Waals surface area contributed by atoms with Crippen molar-refractivity contribution in [2.45, 2.75) is 0 Å². The van der Waals surface area contributed by atoms with Crippen molar-refractivity contribution in [2.75, 3.05) is 12.8 Å². The molecule has 2 N–H and O–H groups in total. The number of fused-ring (bicyclic) bond motifs is 1. The van der Waals surface area contributed by atoms with Crippen LogP contribution in [-0.4, -0.2) is 16.7 Å². The molecule has 0 bridgehead atoms. The molecule has 0 spiro atoms. The summed E-state index contributed by atoms with van der Waals surface area (Å²) in [6.45, 7) is 0. The third-order valence-corrected chi connectivity index (χ3v) is 4.50. The van der Waals surface area contributed by atoms with Crippen LogP contribution in [-0.2, 0) is 0 Å². The molecule has 108 valence electrons. The molecule has 3 aromatic rings. The summed E-state index contributed by atoms with van der Waals surface area (Å²) in [4.78, 5) is 4.18. The molecule has 21 heavy (non-hydrogen) atoms. The number of hydrogen-bond acceptors (Lipinski definition) is 3. The third kappa shape index (κ3) is 2.24. The molecule has 0 amide bonds. The maximum Gasteiger partial charge on any atom is 0.205 e. The van der Waals surface area contributed by atoms with Gasteiger partial charge in [-0.25, -0.2) is 9.37 Å². The van der Waals surface area contributed by atoms with Crippen LogP contribution in [0.5, 0.6) is 5.75 Å². The van der Waals surface area contributed by atoms with Gasteiger partial charge in [-0.15, -0.1) is 0 Å². The van der Waals surface area contributed by atoms with Crippen molar-refractivity contribution in [3.05, 3.63) is 45.6 Å². The molecule has 3 rings (SSSR count). The van der Waals surface area contributed by atoms with Crippen LogP contribution in [0.4, 0.5) is 10.3 Å². The van der Waals surface area contributed by atoms with E-state index in [-0.39, 0.29) is 11.7 Å². The van der Waals surface area contributed by atoms with E-state index in [1.807, 2.05) is 6.07 Å². The summed E-state index contributed by atoms with van der Waals surface area (Å²) in [5, 5.41) is 0.544. The van der Waals surface area contributed by atoms with E-state index in [2.05, 4.69) is 20.9 Å². The fourth-order valence-electron chi connectivity index (χ4n) is 2.17. The summed E-state index contributed by atoms with van der Waals surface area (Å²) in [5.41, 5.74) is 7.76. The minimum absolute atomic E-state index is 0.127. The Bertz CT molecular complexity index is 850. The largest absolute Gasteiger partial charge is 0.494 e. The minimum Gasteiger partial charge on any atom is -0.494 e. The Morgan fingerprint density at radius 1 is 1.38 bits per heavy atom. The molecule has 0 aliphatic heterocycles. The number of nitrogens with zero attached hydrogens (tertiary/aromatic N) is 2. The first kappa shape index (κ1) is 14.2. The second-order valence-corrected chi connectivity index (χ2v) is 5.55. The zero-order chi connectivity index (χ0) is 15.1. The first-order valence-corrected chi connectivity index (χ1v) is 7.16. The number of nitrogens with two attached hydrogens (primary N) is 1. The van der Waals surface area contributed by atoms with Crippen LogP contribution in [0.3, 0.4) is 0 Å². The second-order valence-electron chi connectivity index (χ2n) is 4.35. The normalized spacial score (nSPS) is 11.0. The SMILES string of the molecule is COc1cc2c(cc1F)nc(N)n2-c1cccc(Cl)c1Br. The topological polar surface area (TPSA) is 53.1 Å². The van der Waals surface area contributed by atoms with Gasteiger partial charge in [0, 0.05) is 12.1 Å². The van der Waals surface area contributed by atoms with E-state index >= 15 is 0 Å². The van der Waals surface area contributed by atoms with Crippen molar-refractivity contribution in [2.24, 2.45) is 0 Å². The zero-order valence-electron chi connectivity index (χ0n) is 10.9. The fourth-order valence-corrected chi connectivity index (χ4v) is 2.78. The quantitative estimate of drug-likeness (QED) is 0.736. The lowest BCUT2D eigenvalue weighted by Gasteiger charge is -2.10. The Morgan fingerprint density at radius 3 is 2.86 bits per heavy atom. The number of aromatic nitrogens is 2. The molecule has 7 heteroatoms. The number of anilines is 1. The maximum atomic E-state index is 13.8. The molecule has 0 aliphatic rings. The van der Waals surface area contributed by atoms with Gasteiger partial charge in [0.2, 0.25) is 5.95 Å². The van der Waals surface area contributed by atoms with E-state index in [0.29, 0.717) is 20.5 Å². The number of benzene rings is 2. The predicted molar refractivity (Wildman–Crippen MR) is 84.7 cm³/mol. The monoisotopic (exact) mass is 369 g/mol. The molecule has 0 aliphatic carbocycles. The summed E-state index contributed by atoms with van der Waals surface area (Å²) >= 11 is 9.54. The van der Waals surface area contributed by atoms with Crippen molar-refractivity contribution in [3.63, 3.8) is 0 Å². The van der Waals surface area contributed by atoms with Crippen LogP contribution >= 0.6 is 27.5 Å². The molecule has 4 nitrogen and oxygen atoms in total. The number of imidazole rings is 1. The molecular weight excluding hydrogens is 361 g/mol. The molecule has 0 saturated heterocycles. The van der Waals surface area contributed by atoms with Gasteiger partial charge in [0.15, 0.2) is 11.6 Å². The molecule has 0 radical (unpaired) electrons. The summed E-state index contributed by atoms with van der Waals surface area (Å²) in [6.07, 6.45) is 0. The van der Waals surface area contributed by atoms with Crippen LogP contribution < -0.4 is 10.5 Å². The van der Waals surface area contributed by atoms with Gasteiger partial charge in [-0.1, -0.05) is 17.7 Å². The van der Waals surface area contributed by atoms with Crippen molar-refractivity contribution in [3.8, 4) is 11.4 Å². The molecule has 1 aromatic heterocycles. The Balaban J connectivity index is 2.36. The van der Waals surface area contributed by atoms with Gasteiger partial charge in [-0.3, -0.25) is 4.57 Å². The van der Waals surface area contributed by atoms with Crippen LogP contribution in [0.2, 0.25) is 5.02 Å². The number of halogens is 3. The van der Waals surface area contributed by atoms with E-state index < -0.39 is 5.82 Å². The molecule has 0 saturated carbocycles. The van der Waals surface area contributed by atoms with Crippen LogP contribution in [0.1, 0.15) is 0 Å². The highest BCUT2D eigenvalue weighted by Crippen LogP contribution is 2.34. The summed E-state index contributed by atoms with van der Waals surface area (Å²) in [7, 11) is 1.41. The number of rotatable bonds is 2. The van der Waals surface area contributed by atoms with Gasteiger partial charge in [-0.05, 0) is 28.1 Å². The fraction of sp³-hybridized carbons (Fsp3) is 0.0714. The molecule has 0 atom stereocenters. The lowest BCUT2D eigenvalue weighted by molar-refractivity contribution is 0.387. The second kappa shape index (κ2) is 5.20. The Hall–Kier alpha value is -1.79. The Kier molecular flexibility index (Phi) is 3.51. The van der Waals surface area contributed by atoms with Gasteiger partial charge in [0.25, 0.3) is 0 Å². The van der Waals surface area contributed by atoms with Crippen molar-refractivity contribution >= 4 is 44.5 Å². The van der Waals surface area contributed by atoms with Gasteiger partial charge in [-0.2, -0.15) is 0 Å². The predicted octanol–water partition coefficient (Wildman–Crippen LogP) is 4.17. The Labute approximate surface area is 133 Å². The smallest absolute Gasteiger partial charge is 0.205 e. The van der Waals surface area contributed by atoms with Gasteiger partial charge < -0.3 is 10.5 Å². The van der Waals surface area contributed by atoms with E-state index in [1.54, 1.807) is 22.8 Å². The number of hydrogen-bond donors (Lipinski definition) is 1. The molecule has 0 unspecified atom stereocenters. The zero-order valence-corrected chi connectivity index (χ0v) is 13.2. The van der Waals surface area contributed by atoms with Crippen LogP contribution in [0, 0.1) is 5.82 Å². The average molecular weight is 371 g/mol. The first-order valence-electron chi connectivity index (χ1n) is 5.98. The summed E-state index contributed by atoms with van der Waals surface area (Å²) in [6, 6.07) is 8.24. The van der Waals surface area contributed by atoms with Crippen molar-refractivity contribution in [1.82, 2.24) is 9.55 Å². The maximum absolute atomic E-state index is 13.8. The highest BCUT2D eigenvalue weighted by molar-refractivity contribution is 9.10. The third-order valence-electron chi connectivity index (χ3n) is 3.13. The van der Waals surface area contributed by atoms with Gasteiger partial charge >= 0.3 is 0 Å². The van der Waals surface area contributed by atoms with Gasteiger partial charge in [0.05, 0.1) is 33.3 Å². The molecule has 0 fully saturated rings. The van der Waals surface area contributed by atoms with E-state index in [9.17, 15) is 4.39 Å². The lowest BCUT2D eigenvalue weighted by Crippen LogP contribution is -2.01. The van der Waals surface area contributed by atoms with Crippen molar-refractivity contribution in [1.29, 1.82) is 0 Å². The highest BCUT2D eigenvalue weighted by atomic mass is 79.9. The van der Waals surface area contributed by atoms with Crippen LogP contribution in [0.15, 0.2) is 34.8 Å². The Morgan fingerprint density at radius 2 is 2.14 bits per heavy atom. The summed E-state index contributed by atoms with van der Waals surface area (Å²) < 4.78 is 21.1. The summed E-state index contributed by atoms with van der Waals surface area (Å²) in [5.74, 6) is -0.123. The molecular formula is C14H10BrClFN3O. The minimum atomic E-state index is -0.486. The van der Waals surface area contributed by atoms with Crippen LogP contribution in [0.25, 0.3) is 16.7 Å². The molecule has 2 aromatic carbocycles. The number of ether oxygens (including phenoxy) is 1. The highest BCUT2D eigenvalue weighted by Gasteiger charge is 2.16. The first-order chi connectivity index (χ1) is 10.0. The standard InChI is InChI=1S/C14H10BrClFN3O/c1-21-12-6-11-9(5-8(12)17)19-14(18)20(11)10-4-2-3-7(16)13(10)15/h2-6H,1H3,(H2,18,19). The average Bonchev–Trinajstić information content (AvgIpc) is 2.76. The van der Waals surface area contributed by atoms with Gasteiger partial charge in [0.1, 0.15) is 0 Å². The van der Waals surface area contributed by atoms with E-state index in [0.717, 1.165) is 5.69 Å². The number of methoxy groups -OCH3 is 1. The number of nitrogen functional groups attached to an aromatic ring is 1.